The number of aliphatic hydroxyl groups excluding tert-OH is 2. The lowest BCUT2D eigenvalue weighted by molar-refractivity contribution is -0.183. The number of phenolic OH excluding ortho intramolecular Hbond substituents is 1. The number of aromatic hydroxyl groups is 1. The molecule has 0 saturated carbocycles. The zero-order chi connectivity index (χ0) is 45.8. The van der Waals surface area contributed by atoms with Crippen LogP contribution in [-0.4, -0.2) is 93.6 Å². The highest BCUT2D eigenvalue weighted by Gasteiger charge is 2.47. The number of aryl methyl sites for hydroxylation is 3. The minimum atomic E-state index is -4.85. The monoisotopic (exact) mass is 886 g/mol. The first-order valence-electron chi connectivity index (χ1n) is 19.2. The Morgan fingerprint density at radius 1 is 0.661 bits per heavy atom. The van der Waals surface area contributed by atoms with Crippen molar-refractivity contribution in [2.45, 2.75) is 116 Å². The smallest absolute Gasteiger partial charge is 0.398 e. The van der Waals surface area contributed by atoms with Gasteiger partial charge in [0.1, 0.15) is 47.6 Å². The van der Waals surface area contributed by atoms with E-state index >= 15 is 0 Å². The Bertz CT molecular complexity index is 2100. The van der Waals surface area contributed by atoms with Crippen molar-refractivity contribution in [3.05, 3.63) is 99.7 Å². The average Bonchev–Trinajstić information content (AvgIpc) is 3.42. The van der Waals surface area contributed by atoms with Crippen LogP contribution in [0.5, 0.6) is 5.75 Å². The largest absolute Gasteiger partial charge is 0.507 e. The van der Waals surface area contributed by atoms with Crippen molar-refractivity contribution < 1.29 is 84.5 Å². The van der Waals surface area contributed by atoms with Gasteiger partial charge in [-0.25, -0.2) is 9.59 Å². The van der Waals surface area contributed by atoms with Crippen LogP contribution in [-0.2, 0) is 28.5 Å². The number of halogens is 7. The van der Waals surface area contributed by atoms with Crippen LogP contribution in [0, 0.1) is 32.6 Å². The second-order valence-corrected chi connectivity index (χ2v) is 15.6. The molecule has 11 nitrogen and oxygen atoms in total. The molecule has 2 aromatic rings. The highest BCUT2D eigenvalue weighted by Crippen LogP contribution is 2.36. The number of hydrogen-bond donors (Lipinski definition) is 3. The van der Waals surface area contributed by atoms with Crippen LogP contribution in [0.3, 0.4) is 0 Å². The Hall–Kier alpha value is -5.17. The fourth-order valence-electron chi connectivity index (χ4n) is 7.05. The lowest BCUT2D eigenvalue weighted by Crippen LogP contribution is -2.36. The van der Waals surface area contributed by atoms with Crippen LogP contribution in [0.1, 0.15) is 89.1 Å². The van der Waals surface area contributed by atoms with Crippen LogP contribution < -0.4 is 0 Å². The lowest BCUT2D eigenvalue weighted by Gasteiger charge is -2.25. The molecule has 18 heteroatoms. The predicted molar refractivity (Wildman–Crippen MR) is 212 cm³/mol. The molecular formula is C44H49F7O11. The maximum absolute atomic E-state index is 13.7. The molecule has 62 heavy (non-hydrogen) atoms. The van der Waals surface area contributed by atoms with Gasteiger partial charge in [0.05, 0.1) is 17.8 Å². The number of phenols is 1. The van der Waals surface area contributed by atoms with Gasteiger partial charge >= 0.3 is 24.3 Å². The summed E-state index contributed by atoms with van der Waals surface area (Å²) in [5.74, 6) is -9.77. The molecule has 0 amide bonds. The number of carbonyl (C=O) groups excluding carboxylic acids is 4. The quantitative estimate of drug-likeness (QED) is 0.174. The summed E-state index contributed by atoms with van der Waals surface area (Å²) in [5, 5.41) is 29.9. The molecule has 8 atom stereocenters. The molecule has 2 aromatic carbocycles. The standard InChI is InChI=1S/C24H27F3O5.C20H21F3O6.FH/c1-13-11-14(2)20-16(12-13)7-6-8-19-21(32-23(4,5)31-19)18(28)10-9-17(24(25,26)27)15(3)30-22(20)29;1-10-8-12-4-3-5-14(24)18(27)15(25)7-6-13(20(21,22)23)11(2)29-19(28)17(12)16(26)9-10;/h6-7,9-12,15,17,19,21H,8H2,1-5H3;3-4,6-9,11,13-14,18,24,26-27H,5H2,1-2H3;1H/b7-6+,10-9-;4-3+,7-6-;. The first kappa shape index (κ1) is 51.2. The molecule has 3 aliphatic rings. The van der Waals surface area contributed by atoms with Crippen LogP contribution in [0.15, 0.2) is 60.7 Å². The summed E-state index contributed by atoms with van der Waals surface area (Å²) in [6.07, 6.45) is -9.25. The molecule has 8 unspecified atom stereocenters. The molecule has 1 fully saturated rings. The Balaban J connectivity index is 0.000000327. The third-order valence-electron chi connectivity index (χ3n) is 9.96. The summed E-state index contributed by atoms with van der Waals surface area (Å²) in [4.78, 5) is 50.0. The Kier molecular flexibility index (Phi) is 16.8. The van der Waals surface area contributed by atoms with Crippen molar-refractivity contribution in [2.75, 3.05) is 0 Å². The van der Waals surface area contributed by atoms with Crippen molar-refractivity contribution >= 4 is 35.7 Å². The zero-order valence-corrected chi connectivity index (χ0v) is 34.7. The molecule has 0 bridgehead atoms. The highest BCUT2D eigenvalue weighted by molar-refractivity contribution is 5.98. The number of aliphatic hydroxyl groups is 2. The summed E-state index contributed by atoms with van der Waals surface area (Å²) in [7, 11) is 0. The maximum atomic E-state index is 13.7. The summed E-state index contributed by atoms with van der Waals surface area (Å²) >= 11 is 0. The molecule has 0 aliphatic carbocycles. The molecule has 0 spiro atoms. The topological polar surface area (TPSA) is 166 Å². The van der Waals surface area contributed by atoms with Gasteiger partial charge in [-0.05, 0) is 102 Å². The normalized spacial score (nSPS) is 29.3. The van der Waals surface area contributed by atoms with Gasteiger partial charge in [-0.2, -0.15) is 26.3 Å². The van der Waals surface area contributed by atoms with Gasteiger partial charge in [0.15, 0.2) is 17.4 Å². The van der Waals surface area contributed by atoms with Crippen molar-refractivity contribution in [1.82, 2.24) is 0 Å². The number of ether oxygens (including phenoxy) is 4. The summed E-state index contributed by atoms with van der Waals surface area (Å²) in [6, 6.07) is 6.29. The summed E-state index contributed by atoms with van der Waals surface area (Å²) in [5.41, 5.74) is 2.62. The van der Waals surface area contributed by atoms with Gasteiger partial charge in [0.2, 0.25) is 0 Å². The van der Waals surface area contributed by atoms with Gasteiger partial charge in [-0.3, -0.25) is 14.3 Å². The molecule has 0 radical (unpaired) electrons. The van der Waals surface area contributed by atoms with Crippen molar-refractivity contribution in [3.63, 3.8) is 0 Å². The fourth-order valence-corrected chi connectivity index (χ4v) is 7.05. The number of alkyl halides is 6. The van der Waals surface area contributed by atoms with Crippen LogP contribution in [0.2, 0.25) is 0 Å². The molecule has 1 saturated heterocycles. The van der Waals surface area contributed by atoms with E-state index in [2.05, 4.69) is 0 Å². The van der Waals surface area contributed by atoms with Gasteiger partial charge in [0.25, 0.3) is 0 Å². The molecule has 0 aromatic heterocycles. The second-order valence-electron chi connectivity index (χ2n) is 15.6. The molecule has 340 valence electrons. The SMILES string of the molecule is Cc1cc(C)c2c(c1)/C=C/CC1OC(C)(C)OC1C(=O)/C=C\C(C(F)(F)F)C(C)OC2=O.Cc1cc(O)c2c(c1)/C=C/CC(O)C(O)C(=O)/C=C\C(C(F)(F)F)C(C)OC2=O.F. The van der Waals surface area contributed by atoms with Crippen LogP contribution >= 0.6 is 0 Å². The number of cyclic esters (lactones) is 2. The van der Waals surface area contributed by atoms with E-state index in [1.54, 1.807) is 52.0 Å². The second kappa shape index (κ2) is 20.3. The summed E-state index contributed by atoms with van der Waals surface area (Å²) < 4.78 is 103. The van der Waals surface area contributed by atoms with Gasteiger partial charge in [-0.1, -0.05) is 60.2 Å². The molecular weight excluding hydrogens is 837 g/mol. The van der Waals surface area contributed by atoms with Crippen molar-refractivity contribution in [2.24, 2.45) is 11.8 Å². The number of rotatable bonds is 0. The van der Waals surface area contributed by atoms with E-state index < -0.39 is 95.9 Å². The number of carbonyl (C=O) groups is 4. The first-order valence-corrected chi connectivity index (χ1v) is 19.2. The Morgan fingerprint density at radius 3 is 1.66 bits per heavy atom. The zero-order valence-electron chi connectivity index (χ0n) is 34.7. The van der Waals surface area contributed by atoms with Gasteiger partial charge < -0.3 is 34.3 Å². The lowest BCUT2D eigenvalue weighted by atomic mass is 9.96. The van der Waals surface area contributed by atoms with Crippen LogP contribution in [0.4, 0.5) is 31.0 Å². The van der Waals surface area contributed by atoms with E-state index in [4.69, 9.17) is 18.9 Å². The van der Waals surface area contributed by atoms with E-state index in [1.807, 2.05) is 6.92 Å². The number of fused-ring (bicyclic) bond motifs is 3. The van der Waals surface area contributed by atoms with E-state index in [9.17, 15) is 60.8 Å². The first-order chi connectivity index (χ1) is 28.2. The van der Waals surface area contributed by atoms with E-state index in [-0.39, 0.29) is 34.2 Å². The fraction of sp³-hybridized carbons (Fsp3) is 0.455. The number of esters is 2. The average molecular weight is 887 g/mol. The molecule has 5 rings (SSSR count). The maximum Gasteiger partial charge on any atom is 0.398 e. The predicted octanol–water partition coefficient (Wildman–Crippen LogP) is 7.93. The molecule has 3 aliphatic heterocycles. The third-order valence-corrected chi connectivity index (χ3v) is 9.96. The molecule has 3 heterocycles. The van der Waals surface area contributed by atoms with Gasteiger partial charge in [-0.15, -0.1) is 0 Å². The highest BCUT2D eigenvalue weighted by atomic mass is 19.4. The van der Waals surface area contributed by atoms with Crippen molar-refractivity contribution in [1.29, 1.82) is 0 Å². The minimum absolute atomic E-state index is 0. The number of ketones is 2. The number of benzene rings is 2. The van der Waals surface area contributed by atoms with Crippen LogP contribution in [0.25, 0.3) is 12.2 Å². The Labute approximate surface area is 353 Å². The minimum Gasteiger partial charge on any atom is -0.507 e. The molecule has 3 N–H and O–H groups in total. The van der Waals surface area contributed by atoms with E-state index in [0.29, 0.717) is 28.8 Å². The summed E-state index contributed by atoms with van der Waals surface area (Å²) in [6.45, 7) is 10.7. The number of hydrogen-bond acceptors (Lipinski definition) is 11. The third kappa shape index (κ3) is 12.9. The van der Waals surface area contributed by atoms with E-state index in [0.717, 1.165) is 31.6 Å². The van der Waals surface area contributed by atoms with E-state index in [1.165, 1.54) is 24.3 Å². The van der Waals surface area contributed by atoms with Gasteiger partial charge in [0, 0.05) is 0 Å². The van der Waals surface area contributed by atoms with Crippen molar-refractivity contribution in [3.8, 4) is 5.75 Å². The Morgan fingerprint density at radius 2 is 1.13 bits per heavy atom.